The summed E-state index contributed by atoms with van der Waals surface area (Å²) < 4.78 is 0. The monoisotopic (exact) mass is 200 g/mol. The molecule has 4 nitrogen and oxygen atoms in total. The predicted octanol–water partition coefficient (Wildman–Crippen LogP) is 1.76. The normalized spacial score (nSPS) is 15.3. The van der Waals surface area contributed by atoms with E-state index in [9.17, 15) is 9.59 Å². The molecule has 2 atom stereocenters. The molecule has 0 saturated carbocycles. The minimum absolute atomic E-state index is 0.411. The summed E-state index contributed by atoms with van der Waals surface area (Å²) in [6, 6.07) is 0. The molecule has 0 aromatic heterocycles. The van der Waals surface area contributed by atoms with Crippen LogP contribution in [0.15, 0.2) is 12.2 Å². The first-order valence-corrected chi connectivity index (χ1v) is 4.55. The van der Waals surface area contributed by atoms with Crippen LogP contribution >= 0.6 is 0 Å². The lowest BCUT2D eigenvalue weighted by Crippen LogP contribution is -2.09. The third kappa shape index (κ3) is 5.35. The van der Waals surface area contributed by atoms with E-state index in [2.05, 4.69) is 0 Å². The molecule has 0 aliphatic carbocycles. The predicted molar refractivity (Wildman–Crippen MR) is 52.0 cm³/mol. The number of carbonyl (C=O) groups is 2. The Morgan fingerprint density at radius 3 is 1.50 bits per heavy atom. The van der Waals surface area contributed by atoms with Crippen LogP contribution in [0.3, 0.4) is 0 Å². The lowest BCUT2D eigenvalue weighted by atomic mass is 10.1. The molecule has 0 amide bonds. The Bertz CT molecular complexity index is 208. The molecular weight excluding hydrogens is 184 g/mol. The standard InChI is InChI=1S/C10H16O4/c1-7(9(11)12)5-3-4-6-8(2)10(13)14/h3-4,7-8H,5-6H2,1-2H3,(H,11,12)(H,13,14)/b4-3+/t7-,8-/m1/s1. The van der Waals surface area contributed by atoms with E-state index in [1.165, 1.54) is 0 Å². The average Bonchev–Trinajstić information content (AvgIpc) is 2.11. The first kappa shape index (κ1) is 12.7. The Morgan fingerprint density at radius 2 is 1.29 bits per heavy atom. The fourth-order valence-electron chi connectivity index (χ4n) is 0.802. The van der Waals surface area contributed by atoms with Crippen molar-refractivity contribution in [2.75, 3.05) is 0 Å². The summed E-state index contributed by atoms with van der Waals surface area (Å²) in [6.45, 7) is 3.24. The van der Waals surface area contributed by atoms with Gasteiger partial charge in [0.25, 0.3) is 0 Å². The van der Waals surface area contributed by atoms with Crippen LogP contribution in [0.5, 0.6) is 0 Å². The van der Waals surface area contributed by atoms with Crippen molar-refractivity contribution in [3.8, 4) is 0 Å². The molecule has 14 heavy (non-hydrogen) atoms. The minimum Gasteiger partial charge on any atom is -0.481 e. The van der Waals surface area contributed by atoms with Crippen molar-refractivity contribution in [2.45, 2.75) is 26.7 Å². The van der Waals surface area contributed by atoms with E-state index in [4.69, 9.17) is 10.2 Å². The zero-order chi connectivity index (χ0) is 11.1. The van der Waals surface area contributed by atoms with E-state index in [1.807, 2.05) is 0 Å². The maximum Gasteiger partial charge on any atom is 0.306 e. The van der Waals surface area contributed by atoms with Crippen LogP contribution in [0, 0.1) is 11.8 Å². The third-order valence-corrected chi connectivity index (χ3v) is 1.99. The fraction of sp³-hybridized carbons (Fsp3) is 0.600. The molecule has 0 heterocycles. The van der Waals surface area contributed by atoms with Crippen LogP contribution in [0.1, 0.15) is 26.7 Å². The molecule has 0 aliphatic rings. The smallest absolute Gasteiger partial charge is 0.306 e. The van der Waals surface area contributed by atoms with E-state index in [-0.39, 0.29) is 0 Å². The van der Waals surface area contributed by atoms with Gasteiger partial charge < -0.3 is 10.2 Å². The highest BCUT2D eigenvalue weighted by atomic mass is 16.4. The van der Waals surface area contributed by atoms with Gasteiger partial charge in [0.15, 0.2) is 0 Å². The molecule has 0 saturated heterocycles. The molecule has 0 aliphatic heterocycles. The Morgan fingerprint density at radius 1 is 1.00 bits per heavy atom. The molecule has 80 valence electrons. The van der Waals surface area contributed by atoms with E-state index >= 15 is 0 Å². The summed E-state index contributed by atoms with van der Waals surface area (Å²) in [6.07, 6.45) is 4.33. The van der Waals surface area contributed by atoms with Gasteiger partial charge >= 0.3 is 11.9 Å². The molecule has 0 aromatic rings. The van der Waals surface area contributed by atoms with E-state index in [0.29, 0.717) is 12.8 Å². The number of aliphatic carboxylic acids is 2. The van der Waals surface area contributed by atoms with Crippen LogP contribution in [0.2, 0.25) is 0 Å². The molecule has 4 heteroatoms. The highest BCUT2D eigenvalue weighted by molar-refractivity contribution is 5.70. The highest BCUT2D eigenvalue weighted by Crippen LogP contribution is 2.06. The zero-order valence-electron chi connectivity index (χ0n) is 8.43. The van der Waals surface area contributed by atoms with Crippen LogP contribution in [-0.2, 0) is 9.59 Å². The maximum atomic E-state index is 10.4. The van der Waals surface area contributed by atoms with Crippen molar-refractivity contribution in [3.05, 3.63) is 12.2 Å². The van der Waals surface area contributed by atoms with Crippen LogP contribution in [0.4, 0.5) is 0 Å². The SMILES string of the molecule is C[C@H](C/C=C/C[C@@H](C)C(=O)O)C(=O)O. The van der Waals surface area contributed by atoms with Crippen molar-refractivity contribution in [3.63, 3.8) is 0 Å². The molecule has 0 bridgehead atoms. The second-order valence-electron chi connectivity index (χ2n) is 3.42. The summed E-state index contributed by atoms with van der Waals surface area (Å²) in [7, 11) is 0. The molecule has 0 radical (unpaired) electrons. The summed E-state index contributed by atoms with van der Waals surface area (Å²) in [5.74, 6) is -2.49. The largest absolute Gasteiger partial charge is 0.481 e. The van der Waals surface area contributed by atoms with Gasteiger partial charge in [0, 0.05) is 0 Å². The Balaban J connectivity index is 3.74. The molecule has 0 aromatic carbocycles. The number of hydrogen-bond donors (Lipinski definition) is 2. The van der Waals surface area contributed by atoms with E-state index < -0.39 is 23.8 Å². The number of carboxylic acids is 2. The van der Waals surface area contributed by atoms with Gasteiger partial charge in [0.05, 0.1) is 11.8 Å². The molecule has 2 N–H and O–H groups in total. The van der Waals surface area contributed by atoms with Gasteiger partial charge in [0.1, 0.15) is 0 Å². The van der Waals surface area contributed by atoms with Crippen LogP contribution < -0.4 is 0 Å². The quantitative estimate of drug-likeness (QED) is 0.641. The first-order chi connectivity index (χ1) is 6.45. The summed E-state index contributed by atoms with van der Waals surface area (Å²) >= 11 is 0. The number of rotatable bonds is 6. The fourth-order valence-corrected chi connectivity index (χ4v) is 0.802. The van der Waals surface area contributed by atoms with Gasteiger partial charge in [-0.1, -0.05) is 26.0 Å². The van der Waals surface area contributed by atoms with Crippen molar-refractivity contribution in [1.29, 1.82) is 0 Å². The van der Waals surface area contributed by atoms with Gasteiger partial charge in [0.2, 0.25) is 0 Å². The van der Waals surface area contributed by atoms with Crippen molar-refractivity contribution >= 4 is 11.9 Å². The van der Waals surface area contributed by atoms with Crippen molar-refractivity contribution < 1.29 is 19.8 Å². The number of hydrogen-bond acceptors (Lipinski definition) is 2. The second-order valence-corrected chi connectivity index (χ2v) is 3.42. The third-order valence-electron chi connectivity index (χ3n) is 1.99. The topological polar surface area (TPSA) is 74.6 Å². The molecule has 0 rings (SSSR count). The molecule has 0 fully saturated rings. The number of allylic oxidation sites excluding steroid dienone is 2. The van der Waals surface area contributed by atoms with Crippen LogP contribution in [-0.4, -0.2) is 22.2 Å². The van der Waals surface area contributed by atoms with Crippen LogP contribution in [0.25, 0.3) is 0 Å². The zero-order valence-corrected chi connectivity index (χ0v) is 8.43. The van der Waals surface area contributed by atoms with Gasteiger partial charge in [-0.3, -0.25) is 9.59 Å². The van der Waals surface area contributed by atoms with E-state index in [1.54, 1.807) is 26.0 Å². The first-order valence-electron chi connectivity index (χ1n) is 4.55. The lowest BCUT2D eigenvalue weighted by molar-refractivity contribution is -0.142. The van der Waals surface area contributed by atoms with Gasteiger partial charge in [-0.15, -0.1) is 0 Å². The van der Waals surface area contributed by atoms with Gasteiger partial charge in [-0.05, 0) is 12.8 Å². The van der Waals surface area contributed by atoms with Crippen molar-refractivity contribution in [2.24, 2.45) is 11.8 Å². The average molecular weight is 200 g/mol. The summed E-state index contributed by atoms with van der Waals surface area (Å²) in [5.41, 5.74) is 0. The Labute approximate surface area is 83.2 Å². The molecule has 0 spiro atoms. The number of carboxylic acid groups (broad SMARTS) is 2. The Kier molecular flexibility index (Phi) is 5.60. The minimum atomic E-state index is -0.832. The van der Waals surface area contributed by atoms with Gasteiger partial charge in [-0.2, -0.15) is 0 Å². The highest BCUT2D eigenvalue weighted by Gasteiger charge is 2.09. The molecular formula is C10H16O4. The second kappa shape index (κ2) is 6.18. The lowest BCUT2D eigenvalue weighted by Gasteiger charge is -2.02. The molecule has 0 unspecified atom stereocenters. The Hall–Kier alpha value is -1.32. The summed E-state index contributed by atoms with van der Waals surface area (Å²) in [5, 5.41) is 17.1. The van der Waals surface area contributed by atoms with Crippen molar-refractivity contribution in [1.82, 2.24) is 0 Å². The van der Waals surface area contributed by atoms with E-state index in [0.717, 1.165) is 0 Å². The van der Waals surface area contributed by atoms with Gasteiger partial charge in [-0.25, -0.2) is 0 Å². The summed E-state index contributed by atoms with van der Waals surface area (Å²) in [4.78, 5) is 20.8. The maximum absolute atomic E-state index is 10.4.